The summed E-state index contributed by atoms with van der Waals surface area (Å²) >= 11 is 0. The molecule has 0 atom stereocenters. The van der Waals surface area contributed by atoms with Crippen LogP contribution in [0.4, 0.5) is 0 Å². The minimum Gasteiger partial charge on any atom is -0.476 e. The molecule has 1 N–H and O–H groups in total. The zero-order valence-corrected chi connectivity index (χ0v) is 10.8. The molecule has 0 fully saturated rings. The molecule has 0 aliphatic rings. The molecule has 5 heteroatoms. The molecular formula is C14H15NO4. The largest absolute Gasteiger partial charge is 0.476 e. The topological polar surface area (TPSA) is 72.6 Å². The van der Waals surface area contributed by atoms with Gasteiger partial charge in [0.2, 0.25) is 11.6 Å². The van der Waals surface area contributed by atoms with E-state index in [2.05, 4.69) is 4.98 Å². The molecule has 0 saturated carbocycles. The van der Waals surface area contributed by atoms with Crippen LogP contribution in [0, 0.1) is 0 Å². The Balaban J connectivity index is 2.51. The predicted molar refractivity (Wildman–Crippen MR) is 69.4 cm³/mol. The van der Waals surface area contributed by atoms with Crippen LogP contribution < -0.4 is 4.74 Å². The standard InChI is InChI=1S/C14H15NO4/c1-3-9-7-5-6-8-10(9)12-15-11(13(16)17)14(19-12)18-4-2/h5-8H,3-4H2,1-2H3,(H,16,17). The molecule has 0 unspecified atom stereocenters. The van der Waals surface area contributed by atoms with Crippen molar-refractivity contribution >= 4 is 5.97 Å². The summed E-state index contributed by atoms with van der Waals surface area (Å²) in [6, 6.07) is 7.60. The lowest BCUT2D eigenvalue weighted by Gasteiger charge is -2.02. The van der Waals surface area contributed by atoms with Gasteiger partial charge >= 0.3 is 11.9 Å². The van der Waals surface area contributed by atoms with E-state index >= 15 is 0 Å². The number of aryl methyl sites for hydroxylation is 1. The molecule has 0 saturated heterocycles. The molecule has 0 radical (unpaired) electrons. The Labute approximate surface area is 110 Å². The predicted octanol–water partition coefficient (Wildman–Crippen LogP) is 3.00. The summed E-state index contributed by atoms with van der Waals surface area (Å²) in [6.45, 7) is 4.10. The van der Waals surface area contributed by atoms with Crippen molar-refractivity contribution in [3.63, 3.8) is 0 Å². The van der Waals surface area contributed by atoms with Crippen molar-refractivity contribution in [2.75, 3.05) is 6.61 Å². The van der Waals surface area contributed by atoms with E-state index < -0.39 is 5.97 Å². The normalized spacial score (nSPS) is 10.4. The van der Waals surface area contributed by atoms with Gasteiger partial charge in [0.05, 0.1) is 6.61 Å². The van der Waals surface area contributed by atoms with E-state index in [0.717, 1.165) is 17.5 Å². The number of ether oxygens (including phenoxy) is 1. The summed E-state index contributed by atoms with van der Waals surface area (Å²) in [5.74, 6) is -0.929. The van der Waals surface area contributed by atoms with Crippen molar-refractivity contribution in [1.29, 1.82) is 0 Å². The summed E-state index contributed by atoms with van der Waals surface area (Å²) < 4.78 is 10.6. The Hall–Kier alpha value is -2.30. The van der Waals surface area contributed by atoms with Crippen LogP contribution >= 0.6 is 0 Å². The van der Waals surface area contributed by atoms with Crippen LogP contribution in [0.1, 0.15) is 29.9 Å². The maximum Gasteiger partial charge on any atom is 0.362 e. The number of benzene rings is 1. The van der Waals surface area contributed by atoms with Gasteiger partial charge in [-0.1, -0.05) is 25.1 Å². The number of oxazole rings is 1. The zero-order valence-electron chi connectivity index (χ0n) is 10.8. The lowest BCUT2D eigenvalue weighted by molar-refractivity contribution is 0.0683. The molecule has 2 rings (SSSR count). The molecule has 2 aromatic rings. The highest BCUT2D eigenvalue weighted by molar-refractivity contribution is 5.88. The molecule has 1 aromatic heterocycles. The summed E-state index contributed by atoms with van der Waals surface area (Å²) in [5, 5.41) is 9.08. The van der Waals surface area contributed by atoms with Gasteiger partial charge in [-0.3, -0.25) is 0 Å². The fraction of sp³-hybridized carbons (Fsp3) is 0.286. The first-order valence-corrected chi connectivity index (χ1v) is 6.12. The van der Waals surface area contributed by atoms with Crippen LogP contribution in [-0.2, 0) is 6.42 Å². The third-order valence-electron chi connectivity index (χ3n) is 2.70. The minimum absolute atomic E-state index is 0.0455. The van der Waals surface area contributed by atoms with Crippen LogP contribution in [-0.4, -0.2) is 22.7 Å². The molecule has 100 valence electrons. The molecular weight excluding hydrogens is 246 g/mol. The van der Waals surface area contributed by atoms with Crippen LogP contribution in [0.25, 0.3) is 11.5 Å². The van der Waals surface area contributed by atoms with Gasteiger partial charge in [-0.2, -0.15) is 4.98 Å². The SMILES string of the molecule is CCOc1oc(-c2ccccc2CC)nc1C(=O)O. The monoisotopic (exact) mass is 261 g/mol. The first-order valence-electron chi connectivity index (χ1n) is 6.12. The van der Waals surface area contributed by atoms with E-state index in [0.29, 0.717) is 6.61 Å². The van der Waals surface area contributed by atoms with E-state index in [9.17, 15) is 4.79 Å². The Morgan fingerprint density at radius 2 is 2.11 bits per heavy atom. The molecule has 0 amide bonds. The molecule has 1 aromatic carbocycles. The van der Waals surface area contributed by atoms with Gasteiger partial charge in [0.1, 0.15) is 0 Å². The highest BCUT2D eigenvalue weighted by Crippen LogP contribution is 2.29. The van der Waals surface area contributed by atoms with Gasteiger partial charge in [0, 0.05) is 5.56 Å². The van der Waals surface area contributed by atoms with Gasteiger partial charge in [-0.05, 0) is 25.0 Å². The second-order valence-electron chi connectivity index (χ2n) is 3.90. The van der Waals surface area contributed by atoms with Gasteiger partial charge < -0.3 is 14.3 Å². The number of nitrogens with zero attached hydrogens (tertiary/aromatic N) is 1. The number of aromatic nitrogens is 1. The first kappa shape index (κ1) is 13.1. The van der Waals surface area contributed by atoms with Gasteiger partial charge in [-0.25, -0.2) is 4.79 Å². The van der Waals surface area contributed by atoms with Crippen LogP contribution in [0.5, 0.6) is 5.95 Å². The molecule has 5 nitrogen and oxygen atoms in total. The zero-order chi connectivity index (χ0) is 13.8. The van der Waals surface area contributed by atoms with Crippen LogP contribution in [0.15, 0.2) is 28.7 Å². The van der Waals surface area contributed by atoms with Gasteiger partial charge in [0.15, 0.2) is 0 Å². The summed E-state index contributed by atoms with van der Waals surface area (Å²) in [4.78, 5) is 15.1. The molecule has 0 bridgehead atoms. The number of rotatable bonds is 5. The summed E-state index contributed by atoms with van der Waals surface area (Å²) in [7, 11) is 0. The second kappa shape index (κ2) is 5.56. The smallest absolute Gasteiger partial charge is 0.362 e. The van der Waals surface area contributed by atoms with Crippen molar-refractivity contribution < 1.29 is 19.1 Å². The molecule has 0 spiro atoms. The second-order valence-corrected chi connectivity index (χ2v) is 3.90. The number of hydrogen-bond donors (Lipinski definition) is 1. The van der Waals surface area contributed by atoms with E-state index in [4.69, 9.17) is 14.3 Å². The Kier molecular flexibility index (Phi) is 3.85. The van der Waals surface area contributed by atoms with Crippen molar-refractivity contribution in [2.45, 2.75) is 20.3 Å². The Morgan fingerprint density at radius 1 is 1.37 bits per heavy atom. The lowest BCUT2D eigenvalue weighted by atomic mass is 10.1. The van der Waals surface area contributed by atoms with E-state index in [-0.39, 0.29) is 17.5 Å². The van der Waals surface area contributed by atoms with Crippen molar-refractivity contribution in [3.8, 4) is 17.4 Å². The number of carbonyl (C=O) groups is 1. The third kappa shape index (κ3) is 2.59. The van der Waals surface area contributed by atoms with E-state index in [1.165, 1.54) is 0 Å². The van der Waals surface area contributed by atoms with E-state index in [1.807, 2.05) is 31.2 Å². The molecule has 0 aliphatic heterocycles. The Morgan fingerprint density at radius 3 is 2.74 bits per heavy atom. The average molecular weight is 261 g/mol. The molecule has 19 heavy (non-hydrogen) atoms. The fourth-order valence-electron chi connectivity index (χ4n) is 1.82. The molecule has 1 heterocycles. The quantitative estimate of drug-likeness (QED) is 0.895. The summed E-state index contributed by atoms with van der Waals surface area (Å²) in [5.41, 5.74) is 1.64. The maximum absolute atomic E-state index is 11.1. The van der Waals surface area contributed by atoms with Crippen LogP contribution in [0.2, 0.25) is 0 Å². The minimum atomic E-state index is -1.16. The number of hydrogen-bond acceptors (Lipinski definition) is 4. The maximum atomic E-state index is 11.1. The number of carboxylic acid groups (broad SMARTS) is 1. The highest BCUT2D eigenvalue weighted by atomic mass is 16.6. The Bertz CT molecular complexity index is 589. The average Bonchev–Trinajstić information content (AvgIpc) is 2.83. The van der Waals surface area contributed by atoms with Crippen molar-refractivity contribution in [3.05, 3.63) is 35.5 Å². The van der Waals surface area contributed by atoms with Gasteiger partial charge in [0.25, 0.3) is 0 Å². The fourth-order valence-corrected chi connectivity index (χ4v) is 1.82. The number of carboxylic acids is 1. The van der Waals surface area contributed by atoms with Crippen molar-refractivity contribution in [2.24, 2.45) is 0 Å². The van der Waals surface area contributed by atoms with E-state index in [1.54, 1.807) is 6.92 Å². The van der Waals surface area contributed by atoms with Crippen LogP contribution in [0.3, 0.4) is 0 Å². The first-order chi connectivity index (χ1) is 9.17. The third-order valence-corrected chi connectivity index (χ3v) is 2.70. The van der Waals surface area contributed by atoms with Crippen molar-refractivity contribution in [1.82, 2.24) is 4.98 Å². The molecule has 0 aliphatic carbocycles. The highest BCUT2D eigenvalue weighted by Gasteiger charge is 2.22. The summed E-state index contributed by atoms with van der Waals surface area (Å²) in [6.07, 6.45) is 0.810. The van der Waals surface area contributed by atoms with Gasteiger partial charge in [-0.15, -0.1) is 0 Å². The number of aromatic carboxylic acids is 1. The lowest BCUT2D eigenvalue weighted by Crippen LogP contribution is -2.01.